The molecule has 1 heterocycles. The molecule has 0 radical (unpaired) electrons. The summed E-state index contributed by atoms with van der Waals surface area (Å²) in [6.45, 7) is 0. The Morgan fingerprint density at radius 2 is 2.05 bits per heavy atom. The van der Waals surface area contributed by atoms with Crippen LogP contribution in [0.25, 0.3) is 0 Å². The van der Waals surface area contributed by atoms with Crippen molar-refractivity contribution in [3.8, 4) is 0 Å². The minimum absolute atomic E-state index is 0.120. The highest BCUT2D eigenvalue weighted by molar-refractivity contribution is 7.98. The van der Waals surface area contributed by atoms with Gasteiger partial charge in [0.2, 0.25) is 0 Å². The van der Waals surface area contributed by atoms with Crippen molar-refractivity contribution in [2.45, 2.75) is 42.9 Å². The number of hydrogen-bond donors (Lipinski definition) is 1. The second kappa shape index (κ2) is 5.98. The van der Waals surface area contributed by atoms with Gasteiger partial charge < -0.3 is 5.32 Å². The van der Waals surface area contributed by atoms with Gasteiger partial charge in [-0.25, -0.2) is 0 Å². The van der Waals surface area contributed by atoms with Gasteiger partial charge in [0.05, 0.1) is 5.92 Å². The summed E-state index contributed by atoms with van der Waals surface area (Å²) >= 11 is 1.48. The molecule has 2 atom stereocenters. The number of anilines is 1. The molecule has 106 valence electrons. The summed E-state index contributed by atoms with van der Waals surface area (Å²) in [6, 6.07) is 3.40. The lowest BCUT2D eigenvalue weighted by atomic mass is 9.85. The van der Waals surface area contributed by atoms with Gasteiger partial charge in [-0.1, -0.05) is 6.42 Å². The lowest BCUT2D eigenvalue weighted by Gasteiger charge is -2.31. The van der Waals surface area contributed by atoms with Gasteiger partial charge >= 0.3 is 6.18 Å². The first kappa shape index (κ1) is 14.4. The van der Waals surface area contributed by atoms with Crippen molar-refractivity contribution < 1.29 is 13.2 Å². The number of halogens is 3. The first-order valence-electron chi connectivity index (χ1n) is 6.20. The number of aromatic nitrogens is 2. The predicted octanol–water partition coefficient (Wildman–Crippen LogP) is 3.73. The monoisotopic (exact) mass is 291 g/mol. The first-order chi connectivity index (χ1) is 8.99. The van der Waals surface area contributed by atoms with E-state index in [0.717, 1.165) is 11.4 Å². The van der Waals surface area contributed by atoms with Crippen molar-refractivity contribution >= 4 is 17.6 Å². The molecule has 0 saturated heterocycles. The first-order valence-corrected chi connectivity index (χ1v) is 7.42. The molecular weight excluding hydrogens is 275 g/mol. The lowest BCUT2D eigenvalue weighted by Crippen LogP contribution is -2.34. The SMILES string of the molecule is CSc1ccc(NC2CCCC(C(F)(F)F)C2)nn1. The third-order valence-electron chi connectivity index (χ3n) is 3.34. The maximum atomic E-state index is 12.7. The molecule has 1 aliphatic carbocycles. The van der Waals surface area contributed by atoms with Crippen molar-refractivity contribution in [2.24, 2.45) is 5.92 Å². The molecular formula is C12H16F3N3S. The fourth-order valence-corrected chi connectivity index (χ4v) is 2.66. The van der Waals surface area contributed by atoms with Crippen molar-refractivity contribution in [1.82, 2.24) is 10.2 Å². The average molecular weight is 291 g/mol. The fourth-order valence-electron chi connectivity index (χ4n) is 2.33. The molecule has 2 unspecified atom stereocenters. The molecule has 0 spiro atoms. The van der Waals surface area contributed by atoms with Gasteiger partial charge in [-0.15, -0.1) is 22.0 Å². The third kappa shape index (κ3) is 3.99. The second-order valence-corrected chi connectivity index (χ2v) is 5.53. The van der Waals surface area contributed by atoms with Crippen molar-refractivity contribution in [3.63, 3.8) is 0 Å². The van der Waals surface area contributed by atoms with Gasteiger partial charge in [0.15, 0.2) is 0 Å². The molecule has 0 bridgehead atoms. The van der Waals surface area contributed by atoms with Crippen LogP contribution in [0.5, 0.6) is 0 Å². The zero-order chi connectivity index (χ0) is 13.9. The van der Waals surface area contributed by atoms with Gasteiger partial charge in [-0.05, 0) is 37.7 Å². The maximum absolute atomic E-state index is 12.7. The third-order valence-corrected chi connectivity index (χ3v) is 3.97. The molecule has 1 aromatic heterocycles. The molecule has 7 heteroatoms. The highest BCUT2D eigenvalue weighted by atomic mass is 32.2. The molecule has 0 amide bonds. The number of nitrogens with zero attached hydrogens (tertiary/aromatic N) is 2. The Kier molecular flexibility index (Phi) is 4.54. The molecule has 19 heavy (non-hydrogen) atoms. The van der Waals surface area contributed by atoms with Gasteiger partial charge in [-0.3, -0.25) is 0 Å². The van der Waals surface area contributed by atoms with Gasteiger partial charge in [0, 0.05) is 6.04 Å². The summed E-state index contributed by atoms with van der Waals surface area (Å²) in [5.74, 6) is -0.650. The van der Waals surface area contributed by atoms with Gasteiger partial charge in [0.1, 0.15) is 10.8 Å². The van der Waals surface area contributed by atoms with E-state index in [2.05, 4.69) is 15.5 Å². The Bertz CT molecular complexity index is 408. The minimum atomic E-state index is -4.09. The smallest absolute Gasteiger partial charge is 0.366 e. The number of thioether (sulfide) groups is 1. The summed E-state index contributed by atoms with van der Waals surface area (Å²) in [5, 5.41) is 11.8. The number of rotatable bonds is 3. The van der Waals surface area contributed by atoms with Crippen molar-refractivity contribution in [1.29, 1.82) is 0 Å². The Morgan fingerprint density at radius 1 is 1.26 bits per heavy atom. The Balaban J connectivity index is 1.94. The molecule has 1 saturated carbocycles. The Labute approximate surface area is 114 Å². The van der Waals surface area contributed by atoms with Crippen molar-refractivity contribution in [3.05, 3.63) is 12.1 Å². The average Bonchev–Trinajstić information content (AvgIpc) is 2.39. The van der Waals surface area contributed by atoms with Crippen molar-refractivity contribution in [2.75, 3.05) is 11.6 Å². The van der Waals surface area contributed by atoms with E-state index in [1.807, 2.05) is 12.3 Å². The molecule has 1 aliphatic rings. The lowest BCUT2D eigenvalue weighted by molar-refractivity contribution is -0.182. The summed E-state index contributed by atoms with van der Waals surface area (Å²) in [5.41, 5.74) is 0. The maximum Gasteiger partial charge on any atom is 0.391 e. The number of hydrogen-bond acceptors (Lipinski definition) is 4. The van der Waals surface area contributed by atoms with Crippen LogP contribution in [0.15, 0.2) is 17.2 Å². The van der Waals surface area contributed by atoms with Crippen LogP contribution in [0.1, 0.15) is 25.7 Å². The Morgan fingerprint density at radius 3 is 2.63 bits per heavy atom. The molecule has 0 aliphatic heterocycles. The molecule has 3 nitrogen and oxygen atoms in total. The van der Waals surface area contributed by atoms with Crippen LogP contribution in [-0.2, 0) is 0 Å². The van der Waals surface area contributed by atoms with Crippen LogP contribution in [0.3, 0.4) is 0 Å². The zero-order valence-electron chi connectivity index (χ0n) is 10.6. The van der Waals surface area contributed by atoms with E-state index in [-0.39, 0.29) is 18.9 Å². The van der Waals surface area contributed by atoms with Crippen LogP contribution in [0.2, 0.25) is 0 Å². The van der Waals surface area contributed by atoms with Crippen LogP contribution in [0.4, 0.5) is 19.0 Å². The summed E-state index contributed by atoms with van der Waals surface area (Å²) in [4.78, 5) is 0. The van der Waals surface area contributed by atoms with Gasteiger partial charge in [0.25, 0.3) is 0 Å². The zero-order valence-corrected chi connectivity index (χ0v) is 11.4. The summed E-state index contributed by atoms with van der Waals surface area (Å²) in [7, 11) is 0. The largest absolute Gasteiger partial charge is 0.391 e. The van der Waals surface area contributed by atoms with E-state index in [9.17, 15) is 13.2 Å². The van der Waals surface area contributed by atoms with Crippen LogP contribution in [-0.4, -0.2) is 28.7 Å². The molecule has 2 rings (SSSR count). The molecule has 1 aromatic rings. The molecule has 1 N–H and O–H groups in total. The molecule has 0 aromatic carbocycles. The topological polar surface area (TPSA) is 37.8 Å². The molecule has 1 fully saturated rings. The summed E-state index contributed by atoms with van der Waals surface area (Å²) in [6.07, 6.45) is -0.494. The van der Waals surface area contributed by atoms with Crippen LogP contribution in [0, 0.1) is 5.92 Å². The standard InChI is InChI=1S/C12H16F3N3S/c1-19-11-6-5-10(17-18-11)16-9-4-2-3-8(7-9)12(13,14)15/h5-6,8-9H,2-4,7H2,1H3,(H,16,17). The number of alkyl halides is 3. The quantitative estimate of drug-likeness (QED) is 0.861. The predicted molar refractivity (Wildman–Crippen MR) is 69.2 cm³/mol. The Hall–Kier alpha value is -0.980. The van der Waals surface area contributed by atoms with Gasteiger partial charge in [-0.2, -0.15) is 13.2 Å². The summed E-state index contributed by atoms with van der Waals surface area (Å²) < 4.78 is 38.1. The number of nitrogens with one attached hydrogen (secondary N) is 1. The van der Waals surface area contributed by atoms with E-state index in [0.29, 0.717) is 12.2 Å². The fraction of sp³-hybridized carbons (Fsp3) is 0.667. The highest BCUT2D eigenvalue weighted by Gasteiger charge is 2.42. The van der Waals surface area contributed by atoms with E-state index < -0.39 is 12.1 Å². The highest BCUT2D eigenvalue weighted by Crippen LogP contribution is 2.38. The normalized spacial score (nSPS) is 24.2. The minimum Gasteiger partial charge on any atom is -0.366 e. The van der Waals surface area contributed by atoms with E-state index in [1.165, 1.54) is 11.8 Å². The second-order valence-electron chi connectivity index (χ2n) is 4.71. The van der Waals surface area contributed by atoms with E-state index in [1.54, 1.807) is 6.07 Å². The van der Waals surface area contributed by atoms with Crippen LogP contribution < -0.4 is 5.32 Å². The van der Waals surface area contributed by atoms with Crippen LogP contribution >= 0.6 is 11.8 Å². The van der Waals surface area contributed by atoms with E-state index >= 15 is 0 Å². The van der Waals surface area contributed by atoms with E-state index in [4.69, 9.17) is 0 Å².